The number of hydrogen-bond donors (Lipinski definition) is 0. The molecule has 3 aromatic rings. The summed E-state index contributed by atoms with van der Waals surface area (Å²) in [4.78, 5) is 14.2. The Hall–Kier alpha value is -2.96. The number of rotatable bonds is 3. The maximum atomic E-state index is 14.0. The molecule has 4 nitrogen and oxygen atoms in total. The van der Waals surface area contributed by atoms with Crippen molar-refractivity contribution >= 4 is 38.6 Å². The van der Waals surface area contributed by atoms with Gasteiger partial charge in [0.25, 0.3) is 0 Å². The third-order valence-electron chi connectivity index (χ3n) is 4.94. The standard InChI is InChI=1S/C23H17ClFNO3S/c1-14-6-8-19(15(2)10-14)23(27)22-13-26(18-5-3-4-16(24)11-18)20-12-17(25)7-9-21(20)30(22,28)29/h3-13H,1-2H3. The highest BCUT2D eigenvalue weighted by Crippen LogP contribution is 2.41. The average molecular weight is 442 g/mol. The zero-order valence-corrected chi connectivity index (χ0v) is 17.8. The normalized spacial score (nSPS) is 14.8. The molecule has 1 aliphatic heterocycles. The van der Waals surface area contributed by atoms with Gasteiger partial charge in [-0.3, -0.25) is 4.79 Å². The molecular weight excluding hydrogens is 425 g/mol. The molecule has 0 unspecified atom stereocenters. The number of carbonyl (C=O) groups excluding carboxylic acids is 1. The number of aryl methyl sites for hydroxylation is 2. The zero-order chi connectivity index (χ0) is 21.6. The fourth-order valence-electron chi connectivity index (χ4n) is 3.50. The van der Waals surface area contributed by atoms with Gasteiger partial charge in [0, 0.05) is 22.5 Å². The Kier molecular flexibility index (Phi) is 5.00. The molecular formula is C23H17ClFNO3S. The minimum absolute atomic E-state index is 0.120. The van der Waals surface area contributed by atoms with Crippen molar-refractivity contribution in [3.63, 3.8) is 0 Å². The number of halogens is 2. The molecule has 0 aromatic heterocycles. The number of fused-ring (bicyclic) bond motifs is 1. The molecule has 0 N–H and O–H groups in total. The van der Waals surface area contributed by atoms with Crippen LogP contribution in [0.2, 0.25) is 5.02 Å². The van der Waals surface area contributed by atoms with E-state index in [9.17, 15) is 17.6 Å². The molecule has 4 rings (SSSR count). The summed E-state index contributed by atoms with van der Waals surface area (Å²) in [5, 5.41) is 0.425. The summed E-state index contributed by atoms with van der Waals surface area (Å²) in [6.07, 6.45) is 1.24. The van der Waals surface area contributed by atoms with Crippen molar-refractivity contribution < 1.29 is 17.6 Å². The second kappa shape index (κ2) is 7.38. The molecule has 3 aromatic carbocycles. The van der Waals surface area contributed by atoms with Gasteiger partial charge in [-0.15, -0.1) is 0 Å². The van der Waals surface area contributed by atoms with Crippen LogP contribution in [0.5, 0.6) is 0 Å². The first-order valence-corrected chi connectivity index (χ1v) is 11.0. The van der Waals surface area contributed by atoms with Crippen LogP contribution in [-0.4, -0.2) is 14.2 Å². The van der Waals surface area contributed by atoms with Crippen LogP contribution in [0.3, 0.4) is 0 Å². The van der Waals surface area contributed by atoms with Gasteiger partial charge in [-0.25, -0.2) is 12.8 Å². The van der Waals surface area contributed by atoms with Crippen LogP contribution in [0.1, 0.15) is 21.5 Å². The Bertz CT molecular complexity index is 1330. The van der Waals surface area contributed by atoms with Crippen molar-refractivity contribution in [1.82, 2.24) is 0 Å². The number of carbonyl (C=O) groups is 1. The number of nitrogens with zero attached hydrogens (tertiary/aromatic N) is 1. The van der Waals surface area contributed by atoms with E-state index in [1.54, 1.807) is 43.3 Å². The first kappa shape index (κ1) is 20.3. The first-order chi connectivity index (χ1) is 14.2. The minimum Gasteiger partial charge on any atom is -0.314 e. The van der Waals surface area contributed by atoms with E-state index < -0.39 is 21.4 Å². The van der Waals surface area contributed by atoms with Gasteiger partial charge < -0.3 is 4.90 Å². The third kappa shape index (κ3) is 3.42. The Morgan fingerprint density at radius 1 is 1.00 bits per heavy atom. The van der Waals surface area contributed by atoms with E-state index in [1.165, 1.54) is 17.2 Å². The van der Waals surface area contributed by atoms with Crippen LogP contribution in [-0.2, 0) is 9.84 Å². The van der Waals surface area contributed by atoms with Crippen LogP contribution < -0.4 is 4.90 Å². The van der Waals surface area contributed by atoms with Gasteiger partial charge in [-0.05, 0) is 55.8 Å². The van der Waals surface area contributed by atoms with Crippen LogP contribution in [0.15, 0.2) is 76.7 Å². The summed E-state index contributed by atoms with van der Waals surface area (Å²) in [6, 6.07) is 15.3. The summed E-state index contributed by atoms with van der Waals surface area (Å²) < 4.78 is 40.6. The quantitative estimate of drug-likeness (QED) is 0.384. The summed E-state index contributed by atoms with van der Waals surface area (Å²) in [5.41, 5.74) is 2.57. The minimum atomic E-state index is -4.15. The molecule has 0 bridgehead atoms. The Morgan fingerprint density at radius 2 is 1.77 bits per heavy atom. The van der Waals surface area contributed by atoms with E-state index in [4.69, 9.17) is 11.6 Å². The number of ketones is 1. The monoisotopic (exact) mass is 441 g/mol. The molecule has 0 saturated carbocycles. The van der Waals surface area contributed by atoms with Gasteiger partial charge in [0.1, 0.15) is 10.7 Å². The topological polar surface area (TPSA) is 54.5 Å². The van der Waals surface area contributed by atoms with Crippen molar-refractivity contribution in [2.75, 3.05) is 4.90 Å². The van der Waals surface area contributed by atoms with E-state index >= 15 is 0 Å². The molecule has 0 amide bonds. The van der Waals surface area contributed by atoms with Crippen molar-refractivity contribution in [2.45, 2.75) is 18.7 Å². The number of anilines is 2. The fourth-order valence-corrected chi connectivity index (χ4v) is 5.20. The summed E-state index contributed by atoms with van der Waals surface area (Å²) in [5.74, 6) is -1.21. The lowest BCUT2D eigenvalue weighted by molar-refractivity contribution is 0.104. The smallest absolute Gasteiger partial charge is 0.214 e. The lowest BCUT2D eigenvalue weighted by atomic mass is 10.0. The van der Waals surface area contributed by atoms with E-state index in [0.29, 0.717) is 21.8 Å². The molecule has 0 atom stereocenters. The lowest BCUT2D eigenvalue weighted by Gasteiger charge is -2.29. The number of allylic oxidation sites excluding steroid dienone is 1. The van der Waals surface area contributed by atoms with Crippen molar-refractivity contribution in [1.29, 1.82) is 0 Å². The highest BCUT2D eigenvalue weighted by Gasteiger charge is 2.36. The van der Waals surface area contributed by atoms with Gasteiger partial charge in [-0.2, -0.15) is 0 Å². The molecule has 1 heterocycles. The molecule has 0 aliphatic carbocycles. The molecule has 0 fully saturated rings. The second-order valence-corrected chi connectivity index (χ2v) is 9.43. The Balaban J connectivity index is 1.96. The fraction of sp³-hybridized carbons (Fsp3) is 0.0870. The molecule has 0 spiro atoms. The highest BCUT2D eigenvalue weighted by atomic mass is 35.5. The molecule has 0 saturated heterocycles. The number of benzene rings is 3. The first-order valence-electron chi connectivity index (χ1n) is 9.12. The van der Waals surface area contributed by atoms with Crippen molar-refractivity contribution in [3.05, 3.63) is 99.3 Å². The molecule has 152 valence electrons. The van der Waals surface area contributed by atoms with Crippen LogP contribution >= 0.6 is 11.6 Å². The van der Waals surface area contributed by atoms with E-state index in [1.807, 2.05) is 13.0 Å². The van der Waals surface area contributed by atoms with Gasteiger partial charge in [0.2, 0.25) is 15.6 Å². The summed E-state index contributed by atoms with van der Waals surface area (Å²) in [6.45, 7) is 3.65. The SMILES string of the molecule is Cc1ccc(C(=O)C2=CN(c3cccc(Cl)c3)c3cc(F)ccc3S2(=O)=O)c(C)c1. The van der Waals surface area contributed by atoms with Crippen molar-refractivity contribution in [3.8, 4) is 0 Å². The van der Waals surface area contributed by atoms with Gasteiger partial charge in [-0.1, -0.05) is 41.4 Å². The van der Waals surface area contributed by atoms with E-state index in [-0.39, 0.29) is 15.5 Å². The highest BCUT2D eigenvalue weighted by molar-refractivity contribution is 7.96. The molecule has 7 heteroatoms. The number of sulfone groups is 1. The maximum absolute atomic E-state index is 14.0. The van der Waals surface area contributed by atoms with E-state index in [0.717, 1.165) is 17.7 Å². The maximum Gasteiger partial charge on any atom is 0.214 e. The van der Waals surface area contributed by atoms with Crippen molar-refractivity contribution in [2.24, 2.45) is 0 Å². The van der Waals surface area contributed by atoms with Gasteiger partial charge in [0.15, 0.2) is 0 Å². The van der Waals surface area contributed by atoms with Crippen LogP contribution in [0, 0.1) is 19.7 Å². The summed E-state index contributed by atoms with van der Waals surface area (Å²) in [7, 11) is -4.15. The van der Waals surface area contributed by atoms with Crippen LogP contribution in [0.25, 0.3) is 0 Å². The predicted molar refractivity (Wildman–Crippen MR) is 116 cm³/mol. The van der Waals surface area contributed by atoms with Crippen LogP contribution in [0.4, 0.5) is 15.8 Å². The van der Waals surface area contributed by atoms with Gasteiger partial charge >= 0.3 is 0 Å². The molecule has 1 aliphatic rings. The Labute approximate surface area is 179 Å². The lowest BCUT2D eigenvalue weighted by Crippen LogP contribution is -2.26. The van der Waals surface area contributed by atoms with Gasteiger partial charge in [0.05, 0.1) is 10.6 Å². The Morgan fingerprint density at radius 3 is 2.47 bits per heavy atom. The zero-order valence-electron chi connectivity index (χ0n) is 16.2. The largest absolute Gasteiger partial charge is 0.314 e. The predicted octanol–water partition coefficient (Wildman–Crippen LogP) is 5.75. The third-order valence-corrected chi connectivity index (χ3v) is 6.97. The molecule has 30 heavy (non-hydrogen) atoms. The summed E-state index contributed by atoms with van der Waals surface area (Å²) >= 11 is 6.10. The number of Topliss-reactive ketones (excluding diaryl/α,β-unsaturated/α-hetero) is 1. The number of hydrogen-bond acceptors (Lipinski definition) is 4. The second-order valence-electron chi connectivity index (χ2n) is 7.11. The molecule has 0 radical (unpaired) electrons. The van der Waals surface area contributed by atoms with E-state index in [2.05, 4.69) is 0 Å². The average Bonchev–Trinajstić information content (AvgIpc) is 2.67.